The molecule has 0 bridgehead atoms. The van der Waals surface area contributed by atoms with Gasteiger partial charge in [0.1, 0.15) is 0 Å². The highest BCUT2D eigenvalue weighted by Gasteiger charge is 2.40. The molecule has 0 spiro atoms. The van der Waals surface area contributed by atoms with E-state index in [1.54, 1.807) is 0 Å². The molecule has 1 rings (SSSR count). The first-order chi connectivity index (χ1) is 5.87. The van der Waals surface area contributed by atoms with Gasteiger partial charge in [0, 0.05) is 0 Å². The van der Waals surface area contributed by atoms with E-state index in [2.05, 4.69) is 13.8 Å². The Hall–Kier alpha value is -0.120. The van der Waals surface area contributed by atoms with Crippen molar-refractivity contribution in [3.8, 4) is 0 Å². The Morgan fingerprint density at radius 1 is 1.46 bits per heavy atom. The quantitative estimate of drug-likeness (QED) is 0.728. The summed E-state index contributed by atoms with van der Waals surface area (Å²) >= 11 is 0. The Kier molecular flexibility index (Phi) is 3.00. The molecule has 1 heterocycles. The van der Waals surface area contributed by atoms with Crippen molar-refractivity contribution < 1.29 is 9.47 Å². The van der Waals surface area contributed by atoms with Gasteiger partial charge in [-0.3, -0.25) is 0 Å². The van der Waals surface area contributed by atoms with E-state index in [1.807, 2.05) is 13.8 Å². The van der Waals surface area contributed by atoms with Crippen LogP contribution in [0, 0.1) is 5.41 Å². The average Bonchev–Trinajstić information content (AvgIpc) is 2.30. The second-order valence-corrected chi connectivity index (χ2v) is 4.84. The molecule has 0 radical (unpaired) electrons. The Labute approximate surface area is 80.6 Å². The fourth-order valence-electron chi connectivity index (χ4n) is 1.61. The van der Waals surface area contributed by atoms with Gasteiger partial charge < -0.3 is 15.2 Å². The van der Waals surface area contributed by atoms with E-state index in [1.165, 1.54) is 0 Å². The monoisotopic (exact) mass is 187 g/mol. The summed E-state index contributed by atoms with van der Waals surface area (Å²) in [5, 5.41) is 0. The zero-order valence-corrected chi connectivity index (χ0v) is 9.09. The first-order valence-corrected chi connectivity index (χ1v) is 4.89. The van der Waals surface area contributed by atoms with Crippen molar-refractivity contribution >= 4 is 0 Å². The van der Waals surface area contributed by atoms with Crippen LogP contribution in [0.15, 0.2) is 0 Å². The summed E-state index contributed by atoms with van der Waals surface area (Å²) in [6, 6.07) is 0. The lowest BCUT2D eigenvalue weighted by molar-refractivity contribution is -0.151. The standard InChI is InChI=1S/C10H21NO2/c1-9(2,5-6-11)8-7-12-10(3,4)13-8/h8H,5-7,11H2,1-4H3. The molecule has 1 atom stereocenters. The van der Waals surface area contributed by atoms with E-state index in [0.717, 1.165) is 6.42 Å². The van der Waals surface area contributed by atoms with Gasteiger partial charge in [0.15, 0.2) is 5.79 Å². The van der Waals surface area contributed by atoms with Crippen molar-refractivity contribution in [2.75, 3.05) is 13.2 Å². The molecule has 2 N–H and O–H groups in total. The van der Waals surface area contributed by atoms with Crippen molar-refractivity contribution in [2.45, 2.75) is 46.0 Å². The number of hydrogen-bond acceptors (Lipinski definition) is 3. The van der Waals surface area contributed by atoms with Gasteiger partial charge in [-0.25, -0.2) is 0 Å². The van der Waals surface area contributed by atoms with Crippen LogP contribution in [0.5, 0.6) is 0 Å². The molecule has 1 fully saturated rings. The Balaban J connectivity index is 2.54. The highest BCUT2D eigenvalue weighted by atomic mass is 16.7. The predicted octanol–water partition coefficient (Wildman–Crippen LogP) is 1.51. The van der Waals surface area contributed by atoms with E-state index < -0.39 is 5.79 Å². The maximum Gasteiger partial charge on any atom is 0.163 e. The van der Waals surface area contributed by atoms with Gasteiger partial charge in [-0.2, -0.15) is 0 Å². The summed E-state index contributed by atoms with van der Waals surface area (Å²) in [4.78, 5) is 0. The summed E-state index contributed by atoms with van der Waals surface area (Å²) in [6.07, 6.45) is 1.14. The molecule has 0 aromatic heterocycles. The van der Waals surface area contributed by atoms with E-state index >= 15 is 0 Å². The normalized spacial score (nSPS) is 27.9. The number of rotatable bonds is 3. The van der Waals surface area contributed by atoms with Crippen molar-refractivity contribution in [3.63, 3.8) is 0 Å². The largest absolute Gasteiger partial charge is 0.348 e. The summed E-state index contributed by atoms with van der Waals surface area (Å²) in [5.74, 6) is -0.420. The lowest BCUT2D eigenvalue weighted by Crippen LogP contribution is -2.35. The van der Waals surface area contributed by atoms with Crippen LogP contribution in [0.1, 0.15) is 34.1 Å². The number of hydrogen-bond donors (Lipinski definition) is 1. The third kappa shape index (κ3) is 2.66. The molecule has 1 saturated heterocycles. The van der Waals surface area contributed by atoms with Gasteiger partial charge >= 0.3 is 0 Å². The molecule has 1 aliphatic rings. The van der Waals surface area contributed by atoms with Gasteiger partial charge in [0.25, 0.3) is 0 Å². The van der Waals surface area contributed by atoms with E-state index in [4.69, 9.17) is 15.2 Å². The van der Waals surface area contributed by atoms with Crippen LogP contribution in [-0.4, -0.2) is 25.0 Å². The molecule has 1 unspecified atom stereocenters. The van der Waals surface area contributed by atoms with Crippen LogP contribution >= 0.6 is 0 Å². The second-order valence-electron chi connectivity index (χ2n) is 4.84. The highest BCUT2D eigenvalue weighted by molar-refractivity contribution is 4.84. The molecule has 0 saturated carbocycles. The van der Waals surface area contributed by atoms with Crippen LogP contribution in [0.3, 0.4) is 0 Å². The maximum absolute atomic E-state index is 5.79. The number of nitrogens with two attached hydrogens (primary N) is 1. The zero-order valence-electron chi connectivity index (χ0n) is 9.09. The van der Waals surface area contributed by atoms with Crippen molar-refractivity contribution in [1.82, 2.24) is 0 Å². The molecule has 13 heavy (non-hydrogen) atoms. The lowest BCUT2D eigenvalue weighted by Gasteiger charge is -2.30. The van der Waals surface area contributed by atoms with Gasteiger partial charge in [-0.15, -0.1) is 0 Å². The fourth-order valence-corrected chi connectivity index (χ4v) is 1.61. The van der Waals surface area contributed by atoms with Crippen molar-refractivity contribution in [3.05, 3.63) is 0 Å². The molecular weight excluding hydrogens is 166 g/mol. The van der Waals surface area contributed by atoms with Gasteiger partial charge in [-0.1, -0.05) is 13.8 Å². The predicted molar refractivity (Wildman–Crippen MR) is 52.4 cm³/mol. The summed E-state index contributed by atoms with van der Waals surface area (Å²) in [7, 11) is 0. The fraction of sp³-hybridized carbons (Fsp3) is 1.00. The van der Waals surface area contributed by atoms with Crippen LogP contribution in [0.25, 0.3) is 0 Å². The third-order valence-corrected chi connectivity index (χ3v) is 2.67. The second kappa shape index (κ2) is 3.56. The lowest BCUT2D eigenvalue weighted by atomic mass is 9.83. The van der Waals surface area contributed by atoms with E-state index in [9.17, 15) is 0 Å². The molecule has 3 nitrogen and oxygen atoms in total. The van der Waals surface area contributed by atoms with Gasteiger partial charge in [0.05, 0.1) is 12.7 Å². The Morgan fingerprint density at radius 2 is 2.08 bits per heavy atom. The van der Waals surface area contributed by atoms with Crippen LogP contribution < -0.4 is 5.73 Å². The van der Waals surface area contributed by atoms with E-state index in [-0.39, 0.29) is 11.5 Å². The number of ether oxygens (including phenoxy) is 2. The first kappa shape index (κ1) is 11.0. The minimum atomic E-state index is -0.420. The zero-order chi connectivity index (χ0) is 10.1. The topological polar surface area (TPSA) is 44.5 Å². The Morgan fingerprint density at radius 3 is 2.46 bits per heavy atom. The SMILES string of the molecule is CC1(C)OCC(C(C)(C)CCN)O1. The van der Waals surface area contributed by atoms with Crippen LogP contribution in [0.4, 0.5) is 0 Å². The molecule has 0 aromatic carbocycles. The molecule has 3 heteroatoms. The minimum Gasteiger partial charge on any atom is -0.348 e. The summed E-state index contributed by atoms with van der Waals surface area (Å²) in [6.45, 7) is 9.63. The smallest absolute Gasteiger partial charge is 0.163 e. The molecule has 0 aromatic rings. The van der Waals surface area contributed by atoms with Gasteiger partial charge in [-0.05, 0) is 32.2 Å². The molecular formula is C10H21NO2. The summed E-state index contributed by atoms with van der Waals surface area (Å²) in [5.41, 5.74) is 5.67. The Bertz CT molecular complexity index is 178. The van der Waals surface area contributed by atoms with Crippen molar-refractivity contribution in [2.24, 2.45) is 11.1 Å². The molecule has 0 aliphatic carbocycles. The molecule has 78 valence electrons. The highest BCUT2D eigenvalue weighted by Crippen LogP contribution is 2.35. The van der Waals surface area contributed by atoms with Gasteiger partial charge in [0.2, 0.25) is 0 Å². The average molecular weight is 187 g/mol. The maximum atomic E-state index is 5.79. The van der Waals surface area contributed by atoms with Crippen LogP contribution in [-0.2, 0) is 9.47 Å². The van der Waals surface area contributed by atoms with Crippen LogP contribution in [0.2, 0.25) is 0 Å². The van der Waals surface area contributed by atoms with E-state index in [0.29, 0.717) is 13.2 Å². The van der Waals surface area contributed by atoms with Crippen molar-refractivity contribution in [1.29, 1.82) is 0 Å². The summed E-state index contributed by atoms with van der Waals surface area (Å²) < 4.78 is 11.3. The first-order valence-electron chi connectivity index (χ1n) is 4.89. The molecule has 1 aliphatic heterocycles. The molecule has 0 amide bonds. The minimum absolute atomic E-state index is 0.114. The third-order valence-electron chi connectivity index (χ3n) is 2.67.